The molecule has 14 heavy (non-hydrogen) atoms. The molecule has 0 saturated heterocycles. The van der Waals surface area contributed by atoms with Gasteiger partial charge in [-0.25, -0.2) is 4.98 Å². The lowest BCUT2D eigenvalue weighted by atomic mass is 10.2. The molecule has 1 rings (SSSR count). The predicted octanol–water partition coefficient (Wildman–Crippen LogP) is 3.02. The van der Waals surface area contributed by atoms with Crippen LogP contribution in [-0.2, 0) is 0 Å². The summed E-state index contributed by atoms with van der Waals surface area (Å²) in [6.07, 6.45) is 4.35. The third-order valence-corrected chi connectivity index (χ3v) is 2.44. The molecule has 0 fully saturated rings. The number of unbranched alkanes of at least 4 members (excludes halogenated alkanes) is 1. The molecule has 78 valence electrons. The monoisotopic (exact) mass is 192 g/mol. The summed E-state index contributed by atoms with van der Waals surface area (Å²) in [5.41, 5.74) is 1.27. The van der Waals surface area contributed by atoms with Crippen LogP contribution < -0.4 is 4.90 Å². The number of hydrogen-bond acceptors (Lipinski definition) is 2. The summed E-state index contributed by atoms with van der Waals surface area (Å²) >= 11 is 0. The lowest BCUT2D eigenvalue weighted by molar-refractivity contribution is 0.722. The van der Waals surface area contributed by atoms with Crippen molar-refractivity contribution in [3.8, 4) is 0 Å². The van der Waals surface area contributed by atoms with E-state index in [0.717, 1.165) is 18.9 Å². The van der Waals surface area contributed by atoms with Crippen molar-refractivity contribution in [2.75, 3.05) is 18.0 Å². The van der Waals surface area contributed by atoms with Gasteiger partial charge in [0, 0.05) is 19.3 Å². The van der Waals surface area contributed by atoms with Gasteiger partial charge < -0.3 is 4.90 Å². The van der Waals surface area contributed by atoms with Crippen LogP contribution in [0.15, 0.2) is 18.3 Å². The fourth-order valence-corrected chi connectivity index (χ4v) is 1.57. The zero-order valence-electron chi connectivity index (χ0n) is 9.45. The standard InChI is InChI=1S/C12H20N2/c1-4-6-10-14(5-2)12-11(3)8-7-9-13-12/h7-9H,4-6,10H2,1-3H3. The van der Waals surface area contributed by atoms with Gasteiger partial charge in [-0.15, -0.1) is 0 Å². The van der Waals surface area contributed by atoms with Crippen LogP contribution in [0.25, 0.3) is 0 Å². The molecule has 1 aromatic rings. The van der Waals surface area contributed by atoms with Gasteiger partial charge in [-0.2, -0.15) is 0 Å². The van der Waals surface area contributed by atoms with E-state index in [-0.39, 0.29) is 0 Å². The highest BCUT2D eigenvalue weighted by atomic mass is 15.2. The van der Waals surface area contributed by atoms with Crippen LogP contribution in [-0.4, -0.2) is 18.1 Å². The van der Waals surface area contributed by atoms with E-state index in [1.54, 1.807) is 0 Å². The van der Waals surface area contributed by atoms with Gasteiger partial charge in [-0.05, 0) is 31.9 Å². The fraction of sp³-hybridized carbons (Fsp3) is 0.583. The van der Waals surface area contributed by atoms with E-state index >= 15 is 0 Å². The van der Waals surface area contributed by atoms with Gasteiger partial charge in [-0.3, -0.25) is 0 Å². The molecule has 0 amide bonds. The first-order chi connectivity index (χ1) is 6.79. The van der Waals surface area contributed by atoms with Gasteiger partial charge >= 0.3 is 0 Å². The smallest absolute Gasteiger partial charge is 0.131 e. The molecule has 0 saturated carbocycles. The van der Waals surface area contributed by atoms with Gasteiger partial charge in [0.05, 0.1) is 0 Å². The zero-order chi connectivity index (χ0) is 10.4. The van der Waals surface area contributed by atoms with E-state index < -0.39 is 0 Å². The molecule has 0 aliphatic carbocycles. The summed E-state index contributed by atoms with van der Waals surface area (Å²) in [7, 11) is 0. The lowest BCUT2D eigenvalue weighted by Gasteiger charge is -2.23. The summed E-state index contributed by atoms with van der Waals surface area (Å²) in [5, 5.41) is 0. The molecule has 2 nitrogen and oxygen atoms in total. The summed E-state index contributed by atoms with van der Waals surface area (Å²) in [5.74, 6) is 1.14. The molecular formula is C12H20N2. The Morgan fingerprint density at radius 2 is 2.14 bits per heavy atom. The fourth-order valence-electron chi connectivity index (χ4n) is 1.57. The van der Waals surface area contributed by atoms with Gasteiger partial charge in [0.25, 0.3) is 0 Å². The van der Waals surface area contributed by atoms with Crippen molar-refractivity contribution in [1.82, 2.24) is 4.98 Å². The SMILES string of the molecule is CCCCN(CC)c1ncccc1C. The summed E-state index contributed by atoms with van der Waals surface area (Å²) in [6, 6.07) is 4.11. The number of pyridine rings is 1. The number of nitrogens with zero attached hydrogens (tertiary/aromatic N) is 2. The molecule has 0 bridgehead atoms. The topological polar surface area (TPSA) is 16.1 Å². The van der Waals surface area contributed by atoms with Crippen LogP contribution in [0.2, 0.25) is 0 Å². The number of aryl methyl sites for hydroxylation is 1. The molecule has 1 aromatic heterocycles. The summed E-state index contributed by atoms with van der Waals surface area (Å²) in [6.45, 7) is 8.68. The Balaban J connectivity index is 2.73. The Labute approximate surface area is 87.0 Å². The van der Waals surface area contributed by atoms with Crippen molar-refractivity contribution in [2.24, 2.45) is 0 Å². The van der Waals surface area contributed by atoms with Crippen molar-refractivity contribution in [3.63, 3.8) is 0 Å². The Hall–Kier alpha value is -1.05. The van der Waals surface area contributed by atoms with E-state index in [2.05, 4.69) is 36.7 Å². The maximum absolute atomic E-state index is 4.43. The van der Waals surface area contributed by atoms with Crippen LogP contribution in [0.1, 0.15) is 32.3 Å². The van der Waals surface area contributed by atoms with Gasteiger partial charge in [0.2, 0.25) is 0 Å². The predicted molar refractivity (Wildman–Crippen MR) is 61.8 cm³/mol. The Morgan fingerprint density at radius 1 is 1.36 bits per heavy atom. The van der Waals surface area contributed by atoms with Crippen LogP contribution in [0.3, 0.4) is 0 Å². The Morgan fingerprint density at radius 3 is 2.71 bits per heavy atom. The molecule has 0 atom stereocenters. The highest BCUT2D eigenvalue weighted by Crippen LogP contribution is 2.15. The average Bonchev–Trinajstić information content (AvgIpc) is 2.21. The molecule has 0 aliphatic rings. The number of rotatable bonds is 5. The lowest BCUT2D eigenvalue weighted by Crippen LogP contribution is -2.25. The number of hydrogen-bond donors (Lipinski definition) is 0. The molecule has 0 unspecified atom stereocenters. The average molecular weight is 192 g/mol. The Kier molecular flexibility index (Phi) is 4.44. The molecule has 0 aromatic carbocycles. The van der Waals surface area contributed by atoms with Crippen LogP contribution in [0.4, 0.5) is 5.82 Å². The number of aromatic nitrogens is 1. The molecule has 0 aliphatic heterocycles. The quantitative estimate of drug-likeness (QED) is 0.713. The minimum Gasteiger partial charge on any atom is -0.357 e. The minimum absolute atomic E-state index is 1.04. The van der Waals surface area contributed by atoms with Crippen molar-refractivity contribution >= 4 is 5.82 Å². The highest BCUT2D eigenvalue weighted by molar-refractivity contribution is 5.45. The van der Waals surface area contributed by atoms with E-state index in [0.29, 0.717) is 0 Å². The minimum atomic E-state index is 1.04. The number of anilines is 1. The van der Waals surface area contributed by atoms with E-state index in [1.807, 2.05) is 12.3 Å². The first kappa shape index (κ1) is 11.0. The third-order valence-electron chi connectivity index (χ3n) is 2.44. The van der Waals surface area contributed by atoms with Crippen molar-refractivity contribution in [3.05, 3.63) is 23.9 Å². The van der Waals surface area contributed by atoms with E-state index in [4.69, 9.17) is 0 Å². The largest absolute Gasteiger partial charge is 0.357 e. The molecular weight excluding hydrogens is 172 g/mol. The molecule has 2 heteroatoms. The second-order valence-corrected chi connectivity index (χ2v) is 3.58. The molecule has 0 spiro atoms. The summed E-state index contributed by atoms with van der Waals surface area (Å²) < 4.78 is 0. The second-order valence-electron chi connectivity index (χ2n) is 3.58. The van der Waals surface area contributed by atoms with Gasteiger partial charge in [-0.1, -0.05) is 19.4 Å². The molecule has 1 heterocycles. The Bertz CT molecular complexity index is 271. The van der Waals surface area contributed by atoms with Gasteiger partial charge in [0.1, 0.15) is 5.82 Å². The highest BCUT2D eigenvalue weighted by Gasteiger charge is 2.06. The first-order valence-corrected chi connectivity index (χ1v) is 5.46. The van der Waals surface area contributed by atoms with Crippen LogP contribution >= 0.6 is 0 Å². The summed E-state index contributed by atoms with van der Waals surface area (Å²) in [4.78, 5) is 6.77. The van der Waals surface area contributed by atoms with Crippen molar-refractivity contribution in [2.45, 2.75) is 33.6 Å². The zero-order valence-corrected chi connectivity index (χ0v) is 9.45. The molecule has 0 radical (unpaired) electrons. The van der Waals surface area contributed by atoms with Crippen molar-refractivity contribution < 1.29 is 0 Å². The van der Waals surface area contributed by atoms with Gasteiger partial charge in [0.15, 0.2) is 0 Å². The third kappa shape index (κ3) is 2.72. The normalized spacial score (nSPS) is 10.2. The van der Waals surface area contributed by atoms with Crippen molar-refractivity contribution in [1.29, 1.82) is 0 Å². The maximum Gasteiger partial charge on any atom is 0.131 e. The maximum atomic E-state index is 4.43. The van der Waals surface area contributed by atoms with E-state index in [1.165, 1.54) is 18.4 Å². The van der Waals surface area contributed by atoms with E-state index in [9.17, 15) is 0 Å². The first-order valence-electron chi connectivity index (χ1n) is 5.46. The van der Waals surface area contributed by atoms with Crippen LogP contribution in [0, 0.1) is 6.92 Å². The van der Waals surface area contributed by atoms with Crippen LogP contribution in [0.5, 0.6) is 0 Å². The molecule has 0 N–H and O–H groups in total. The second kappa shape index (κ2) is 5.63.